The molecule has 0 spiro atoms. The zero-order chi connectivity index (χ0) is 12.4. The van der Waals surface area contributed by atoms with Crippen molar-refractivity contribution in [3.05, 3.63) is 10.4 Å². The van der Waals surface area contributed by atoms with Crippen molar-refractivity contribution < 1.29 is 9.47 Å². The first-order valence-corrected chi connectivity index (χ1v) is 6.18. The number of aromatic nitrogens is 3. The lowest BCUT2D eigenvalue weighted by Crippen LogP contribution is -2.36. The highest BCUT2D eigenvalue weighted by Crippen LogP contribution is 2.26. The Hall–Kier alpha value is -0.650. The topological polar surface area (TPSA) is 57.1 Å². The molecule has 7 heteroatoms. The van der Waals surface area contributed by atoms with Crippen molar-refractivity contribution in [3.8, 4) is 5.88 Å². The molecule has 2 rings (SSSR count). The molecule has 0 radical (unpaired) electrons. The van der Waals surface area contributed by atoms with Gasteiger partial charge in [-0.2, -0.15) is 4.98 Å². The normalized spacial score (nSPS) is 29.1. The highest BCUT2D eigenvalue weighted by Gasteiger charge is 2.27. The summed E-state index contributed by atoms with van der Waals surface area (Å²) < 4.78 is 11.3. The summed E-state index contributed by atoms with van der Waals surface area (Å²) in [5.41, 5.74) is 0. The zero-order valence-electron chi connectivity index (χ0n) is 9.56. The van der Waals surface area contributed by atoms with Gasteiger partial charge in [0.15, 0.2) is 0 Å². The average Bonchev–Trinajstić information content (AvgIpc) is 2.22. The molecule has 0 bridgehead atoms. The second-order valence-electron chi connectivity index (χ2n) is 4.15. The van der Waals surface area contributed by atoms with E-state index in [9.17, 15) is 0 Å². The minimum Gasteiger partial charge on any atom is -0.472 e. The maximum absolute atomic E-state index is 5.84. The van der Waals surface area contributed by atoms with E-state index in [1.54, 1.807) is 0 Å². The number of nitrogens with zero attached hydrogens (tertiary/aromatic N) is 3. The summed E-state index contributed by atoms with van der Waals surface area (Å²) in [6, 6.07) is 0. The van der Waals surface area contributed by atoms with Crippen molar-refractivity contribution in [3.63, 3.8) is 0 Å². The molecule has 1 fully saturated rings. The quantitative estimate of drug-likeness (QED) is 0.832. The first-order chi connectivity index (χ1) is 8.04. The highest BCUT2D eigenvalue weighted by molar-refractivity contribution is 6.31. The summed E-state index contributed by atoms with van der Waals surface area (Å²) in [5.74, 6) is 0.234. The molecule has 2 unspecified atom stereocenters. The van der Waals surface area contributed by atoms with Crippen LogP contribution in [0.1, 0.15) is 26.7 Å². The standard InChI is InChI=1S/C10H13Cl2N3O2/c1-5-3-7(4-6(2)16-5)17-9-8(11)14-15-10(12)13-9/h5-7H,3-4H2,1-2H3. The van der Waals surface area contributed by atoms with Crippen LogP contribution < -0.4 is 4.74 Å². The van der Waals surface area contributed by atoms with Gasteiger partial charge in [-0.1, -0.05) is 11.6 Å². The first kappa shape index (κ1) is 12.8. The summed E-state index contributed by atoms with van der Waals surface area (Å²) in [6.07, 6.45) is 1.92. The van der Waals surface area contributed by atoms with Crippen molar-refractivity contribution in [2.24, 2.45) is 0 Å². The summed E-state index contributed by atoms with van der Waals surface area (Å²) in [6.45, 7) is 4.03. The molecule has 1 saturated heterocycles. The molecule has 1 aliphatic heterocycles. The average molecular weight is 278 g/mol. The molecule has 0 aromatic carbocycles. The molecule has 1 aliphatic rings. The Morgan fingerprint density at radius 3 is 2.47 bits per heavy atom. The van der Waals surface area contributed by atoms with Crippen LogP contribution in [0.2, 0.25) is 10.4 Å². The second-order valence-corrected chi connectivity index (χ2v) is 4.84. The molecule has 1 aromatic heterocycles. The Labute approximate surface area is 109 Å². The number of halogens is 2. The van der Waals surface area contributed by atoms with Gasteiger partial charge >= 0.3 is 0 Å². The molecule has 5 nitrogen and oxygen atoms in total. The molecule has 0 amide bonds. The lowest BCUT2D eigenvalue weighted by molar-refractivity contribution is -0.0730. The van der Waals surface area contributed by atoms with Crippen molar-refractivity contribution in [2.45, 2.75) is 45.0 Å². The fraction of sp³-hybridized carbons (Fsp3) is 0.700. The van der Waals surface area contributed by atoms with E-state index in [0.29, 0.717) is 0 Å². The van der Waals surface area contributed by atoms with Crippen LogP contribution in [-0.4, -0.2) is 33.5 Å². The lowest BCUT2D eigenvalue weighted by Gasteiger charge is -2.31. The van der Waals surface area contributed by atoms with E-state index in [4.69, 9.17) is 32.7 Å². The molecule has 0 aliphatic carbocycles. The van der Waals surface area contributed by atoms with Gasteiger partial charge < -0.3 is 9.47 Å². The molecule has 17 heavy (non-hydrogen) atoms. The van der Waals surface area contributed by atoms with E-state index < -0.39 is 0 Å². The Bertz CT molecular complexity index is 395. The summed E-state index contributed by atoms with van der Waals surface area (Å²) in [5, 5.41) is 7.33. The van der Waals surface area contributed by atoms with Crippen molar-refractivity contribution in [1.29, 1.82) is 0 Å². The first-order valence-electron chi connectivity index (χ1n) is 5.42. The van der Waals surface area contributed by atoms with Gasteiger partial charge in [-0.05, 0) is 25.4 Å². The van der Waals surface area contributed by atoms with E-state index >= 15 is 0 Å². The molecule has 2 atom stereocenters. The van der Waals surface area contributed by atoms with Gasteiger partial charge in [-0.15, -0.1) is 10.2 Å². The maximum atomic E-state index is 5.84. The third-order valence-electron chi connectivity index (χ3n) is 2.52. The number of ether oxygens (including phenoxy) is 2. The van der Waals surface area contributed by atoms with Crippen LogP contribution in [-0.2, 0) is 4.74 Å². The third-order valence-corrected chi connectivity index (χ3v) is 2.92. The van der Waals surface area contributed by atoms with Crippen LogP contribution >= 0.6 is 23.2 Å². The monoisotopic (exact) mass is 277 g/mol. The van der Waals surface area contributed by atoms with Gasteiger partial charge in [0.05, 0.1) is 12.2 Å². The predicted octanol–water partition coefficient (Wildman–Crippen LogP) is 2.51. The highest BCUT2D eigenvalue weighted by atomic mass is 35.5. The van der Waals surface area contributed by atoms with Crippen LogP contribution in [0.4, 0.5) is 0 Å². The maximum Gasteiger partial charge on any atom is 0.257 e. The minimum absolute atomic E-state index is 0.0130. The van der Waals surface area contributed by atoms with Gasteiger partial charge in [0, 0.05) is 12.8 Å². The summed E-state index contributed by atoms with van der Waals surface area (Å²) >= 11 is 11.5. The molecular weight excluding hydrogens is 265 g/mol. The fourth-order valence-electron chi connectivity index (χ4n) is 1.95. The van der Waals surface area contributed by atoms with Crippen molar-refractivity contribution in [2.75, 3.05) is 0 Å². The molecule has 0 saturated carbocycles. The number of hydrogen-bond acceptors (Lipinski definition) is 5. The largest absolute Gasteiger partial charge is 0.472 e. The zero-order valence-corrected chi connectivity index (χ0v) is 11.1. The van der Waals surface area contributed by atoms with Crippen LogP contribution in [0.3, 0.4) is 0 Å². The number of rotatable bonds is 2. The van der Waals surface area contributed by atoms with Crippen molar-refractivity contribution in [1.82, 2.24) is 15.2 Å². The van der Waals surface area contributed by atoms with Gasteiger partial charge in [-0.25, -0.2) is 0 Å². The molecule has 1 aromatic rings. The smallest absolute Gasteiger partial charge is 0.257 e. The number of hydrogen-bond donors (Lipinski definition) is 0. The van der Waals surface area contributed by atoms with E-state index in [1.165, 1.54) is 0 Å². The fourth-order valence-corrected chi connectivity index (χ4v) is 2.19. The second kappa shape index (κ2) is 5.33. The van der Waals surface area contributed by atoms with E-state index in [0.717, 1.165) is 12.8 Å². The van der Waals surface area contributed by atoms with Gasteiger partial charge in [-0.3, -0.25) is 0 Å². The van der Waals surface area contributed by atoms with Crippen molar-refractivity contribution >= 4 is 23.2 Å². The lowest BCUT2D eigenvalue weighted by atomic mass is 10.0. The molecule has 0 N–H and O–H groups in total. The molecule has 94 valence electrons. The molecule has 2 heterocycles. The Balaban J connectivity index is 2.07. The van der Waals surface area contributed by atoms with Gasteiger partial charge in [0.25, 0.3) is 5.88 Å². The third kappa shape index (κ3) is 3.40. The molecular formula is C10H13Cl2N3O2. The van der Waals surface area contributed by atoms with Crippen LogP contribution in [0.25, 0.3) is 0 Å². The van der Waals surface area contributed by atoms with Gasteiger partial charge in [0.2, 0.25) is 10.4 Å². The SMILES string of the molecule is CC1CC(Oc2nc(Cl)nnc2Cl)CC(C)O1. The Kier molecular flexibility index (Phi) is 4.01. The van der Waals surface area contributed by atoms with Gasteiger partial charge in [0.1, 0.15) is 6.10 Å². The summed E-state index contributed by atoms with van der Waals surface area (Å²) in [7, 11) is 0. The summed E-state index contributed by atoms with van der Waals surface area (Å²) in [4.78, 5) is 3.91. The van der Waals surface area contributed by atoms with Crippen LogP contribution in [0.5, 0.6) is 5.88 Å². The van der Waals surface area contributed by atoms with E-state index in [2.05, 4.69) is 15.2 Å². The van der Waals surface area contributed by atoms with Crippen LogP contribution in [0.15, 0.2) is 0 Å². The van der Waals surface area contributed by atoms with Crippen LogP contribution in [0, 0.1) is 0 Å². The predicted molar refractivity (Wildman–Crippen MR) is 63.5 cm³/mol. The Morgan fingerprint density at radius 1 is 1.18 bits per heavy atom. The van der Waals surface area contributed by atoms with E-state index in [1.807, 2.05) is 13.8 Å². The minimum atomic E-state index is 0.0130. The van der Waals surface area contributed by atoms with E-state index in [-0.39, 0.29) is 34.6 Å². The Morgan fingerprint density at radius 2 is 1.82 bits per heavy atom.